The van der Waals surface area contributed by atoms with Gasteiger partial charge in [0.25, 0.3) is 0 Å². The molecule has 5 heteroatoms. The van der Waals surface area contributed by atoms with E-state index in [4.69, 9.17) is 9.84 Å². The Balaban J connectivity index is 2.51. The van der Waals surface area contributed by atoms with Gasteiger partial charge in [0.05, 0.1) is 5.92 Å². The number of amides is 1. The molecule has 1 fully saturated rings. The van der Waals surface area contributed by atoms with Crippen molar-refractivity contribution in [2.75, 3.05) is 7.05 Å². The maximum Gasteiger partial charge on any atom is 0.410 e. The summed E-state index contributed by atoms with van der Waals surface area (Å²) in [5, 5.41) is 8.84. The zero-order valence-electron chi connectivity index (χ0n) is 11.1. The van der Waals surface area contributed by atoms with E-state index in [9.17, 15) is 9.59 Å². The molecule has 1 amide bonds. The molecule has 0 saturated heterocycles. The first-order valence-corrected chi connectivity index (χ1v) is 5.82. The molecular weight excluding hydrogens is 222 g/mol. The van der Waals surface area contributed by atoms with E-state index in [2.05, 4.69) is 0 Å². The van der Waals surface area contributed by atoms with Crippen LogP contribution in [0.15, 0.2) is 0 Å². The molecule has 0 bridgehead atoms. The number of nitrogens with zero attached hydrogens (tertiary/aromatic N) is 1. The van der Waals surface area contributed by atoms with Crippen molar-refractivity contribution >= 4 is 12.1 Å². The van der Waals surface area contributed by atoms with E-state index >= 15 is 0 Å². The molecule has 0 radical (unpaired) electrons. The fraction of sp³-hybridized carbons (Fsp3) is 0.833. The fourth-order valence-corrected chi connectivity index (χ4v) is 1.82. The number of hydrogen-bond acceptors (Lipinski definition) is 3. The number of carbonyl (C=O) groups excluding carboxylic acids is 1. The Labute approximate surface area is 102 Å². The van der Waals surface area contributed by atoms with E-state index in [0.29, 0.717) is 6.42 Å². The largest absolute Gasteiger partial charge is 0.481 e. The normalized spacial score (nSPS) is 25.0. The third-order valence-corrected chi connectivity index (χ3v) is 3.07. The van der Waals surface area contributed by atoms with Gasteiger partial charge in [0.1, 0.15) is 5.60 Å². The molecule has 1 N–H and O–H groups in total. The minimum Gasteiger partial charge on any atom is -0.481 e. The molecule has 0 aromatic heterocycles. The Hall–Kier alpha value is -1.26. The lowest BCUT2D eigenvalue weighted by atomic mass is 10.1. The van der Waals surface area contributed by atoms with Crippen molar-refractivity contribution in [3.8, 4) is 0 Å². The van der Waals surface area contributed by atoms with Gasteiger partial charge >= 0.3 is 12.1 Å². The highest BCUT2D eigenvalue weighted by Crippen LogP contribution is 2.43. The minimum atomic E-state index is -0.778. The first kappa shape index (κ1) is 13.8. The predicted octanol–water partition coefficient (Wildman–Crippen LogP) is 1.96. The molecule has 1 aliphatic rings. The average Bonchev–Trinajstić information content (AvgIpc) is 2.91. The Bertz CT molecular complexity index is 321. The lowest BCUT2D eigenvalue weighted by Gasteiger charge is -2.28. The Kier molecular flexibility index (Phi) is 3.69. The molecular formula is C12H21NO4. The van der Waals surface area contributed by atoms with E-state index in [-0.39, 0.29) is 17.9 Å². The summed E-state index contributed by atoms with van der Waals surface area (Å²) in [5.41, 5.74) is -0.527. The van der Waals surface area contributed by atoms with E-state index in [0.717, 1.165) is 0 Å². The van der Waals surface area contributed by atoms with Crippen LogP contribution in [0.25, 0.3) is 0 Å². The van der Waals surface area contributed by atoms with Gasteiger partial charge in [-0.3, -0.25) is 4.79 Å². The van der Waals surface area contributed by atoms with Gasteiger partial charge in [-0.15, -0.1) is 0 Å². The number of carboxylic acid groups (broad SMARTS) is 1. The second-order valence-electron chi connectivity index (χ2n) is 5.68. The molecule has 5 nitrogen and oxygen atoms in total. The molecule has 0 spiro atoms. The molecule has 0 aromatic carbocycles. The minimum absolute atomic E-state index is 0.0463. The smallest absolute Gasteiger partial charge is 0.410 e. The van der Waals surface area contributed by atoms with Crippen LogP contribution in [-0.2, 0) is 9.53 Å². The molecule has 98 valence electrons. The third kappa shape index (κ3) is 3.61. The summed E-state index contributed by atoms with van der Waals surface area (Å²) >= 11 is 0. The van der Waals surface area contributed by atoms with Crippen molar-refractivity contribution in [2.45, 2.75) is 45.8 Å². The zero-order valence-corrected chi connectivity index (χ0v) is 11.1. The number of aliphatic carboxylic acids is 1. The highest BCUT2D eigenvalue weighted by atomic mass is 16.6. The SMILES string of the molecule is CC(C1CC1C(=O)O)N(C)C(=O)OC(C)(C)C. The summed E-state index contributed by atoms with van der Waals surface area (Å²) in [6, 6.07) is -0.106. The predicted molar refractivity (Wildman–Crippen MR) is 62.7 cm³/mol. The van der Waals surface area contributed by atoms with Crippen LogP contribution in [0.2, 0.25) is 0 Å². The molecule has 1 aliphatic carbocycles. The maximum atomic E-state index is 11.8. The number of rotatable bonds is 3. The lowest BCUT2D eigenvalue weighted by Crippen LogP contribution is -2.40. The van der Waals surface area contributed by atoms with Crippen LogP contribution >= 0.6 is 0 Å². The molecule has 0 aromatic rings. The fourth-order valence-electron chi connectivity index (χ4n) is 1.82. The summed E-state index contributed by atoms with van der Waals surface area (Å²) in [6.45, 7) is 7.28. The summed E-state index contributed by atoms with van der Waals surface area (Å²) in [5.74, 6) is -1.04. The molecule has 17 heavy (non-hydrogen) atoms. The standard InChI is InChI=1S/C12H21NO4/c1-7(8-6-9(8)10(14)15)13(5)11(16)17-12(2,3)4/h7-9H,6H2,1-5H3,(H,14,15). The second-order valence-corrected chi connectivity index (χ2v) is 5.68. The zero-order chi connectivity index (χ0) is 13.4. The van der Waals surface area contributed by atoms with Crippen LogP contribution in [0.3, 0.4) is 0 Å². The van der Waals surface area contributed by atoms with E-state index < -0.39 is 17.7 Å². The lowest BCUT2D eigenvalue weighted by molar-refractivity contribution is -0.139. The Morgan fingerprint density at radius 1 is 1.41 bits per heavy atom. The van der Waals surface area contributed by atoms with Crippen LogP contribution in [0.5, 0.6) is 0 Å². The van der Waals surface area contributed by atoms with Gasteiger partial charge in [-0.2, -0.15) is 0 Å². The van der Waals surface area contributed by atoms with Gasteiger partial charge in [0.15, 0.2) is 0 Å². The van der Waals surface area contributed by atoms with Crippen molar-refractivity contribution in [2.24, 2.45) is 11.8 Å². The Morgan fingerprint density at radius 2 is 1.94 bits per heavy atom. The molecule has 0 aliphatic heterocycles. The summed E-state index contributed by atoms with van der Waals surface area (Å²) in [4.78, 5) is 24.0. The van der Waals surface area contributed by atoms with Gasteiger partial charge in [0, 0.05) is 13.1 Å². The Morgan fingerprint density at radius 3 is 2.29 bits per heavy atom. The summed E-state index contributed by atoms with van der Waals surface area (Å²) in [7, 11) is 1.65. The van der Waals surface area contributed by atoms with Crippen molar-refractivity contribution in [1.82, 2.24) is 4.90 Å². The van der Waals surface area contributed by atoms with Crippen LogP contribution < -0.4 is 0 Å². The topological polar surface area (TPSA) is 66.8 Å². The number of carboxylic acids is 1. The van der Waals surface area contributed by atoms with Gasteiger partial charge < -0.3 is 14.7 Å². The first-order chi connectivity index (χ1) is 7.63. The molecule has 1 saturated carbocycles. The van der Waals surface area contributed by atoms with Gasteiger partial charge in [-0.25, -0.2) is 4.79 Å². The number of hydrogen-bond donors (Lipinski definition) is 1. The monoisotopic (exact) mass is 243 g/mol. The first-order valence-electron chi connectivity index (χ1n) is 5.82. The van der Waals surface area contributed by atoms with E-state index in [1.54, 1.807) is 27.8 Å². The van der Waals surface area contributed by atoms with Crippen LogP contribution in [0.4, 0.5) is 4.79 Å². The van der Waals surface area contributed by atoms with Crippen molar-refractivity contribution in [3.05, 3.63) is 0 Å². The average molecular weight is 243 g/mol. The molecule has 3 unspecified atom stereocenters. The number of carbonyl (C=O) groups is 2. The summed E-state index contributed by atoms with van der Waals surface area (Å²) in [6.07, 6.45) is 0.241. The second kappa shape index (κ2) is 4.55. The van der Waals surface area contributed by atoms with Gasteiger partial charge in [0.2, 0.25) is 0 Å². The number of ether oxygens (including phenoxy) is 1. The van der Waals surface area contributed by atoms with Crippen molar-refractivity contribution in [3.63, 3.8) is 0 Å². The summed E-state index contributed by atoms with van der Waals surface area (Å²) < 4.78 is 5.23. The maximum absolute atomic E-state index is 11.8. The van der Waals surface area contributed by atoms with Crippen LogP contribution in [0, 0.1) is 11.8 Å². The van der Waals surface area contributed by atoms with Crippen LogP contribution in [-0.4, -0.2) is 40.8 Å². The highest BCUT2D eigenvalue weighted by Gasteiger charge is 2.48. The van der Waals surface area contributed by atoms with Gasteiger partial charge in [-0.05, 0) is 40.0 Å². The molecule has 0 heterocycles. The van der Waals surface area contributed by atoms with Crippen molar-refractivity contribution < 1.29 is 19.4 Å². The molecule has 3 atom stereocenters. The van der Waals surface area contributed by atoms with Crippen LogP contribution in [0.1, 0.15) is 34.1 Å². The van der Waals surface area contributed by atoms with E-state index in [1.807, 2.05) is 6.92 Å². The third-order valence-electron chi connectivity index (χ3n) is 3.07. The van der Waals surface area contributed by atoms with E-state index in [1.165, 1.54) is 4.90 Å². The quantitative estimate of drug-likeness (QED) is 0.822. The highest BCUT2D eigenvalue weighted by molar-refractivity contribution is 5.74. The van der Waals surface area contributed by atoms with Gasteiger partial charge in [-0.1, -0.05) is 0 Å². The van der Waals surface area contributed by atoms with Crippen molar-refractivity contribution in [1.29, 1.82) is 0 Å². The molecule has 1 rings (SSSR count).